The molecule has 160 valence electrons. The molecule has 3 aromatic rings. The largest absolute Gasteiger partial charge is 0.479 e. The fourth-order valence-corrected chi connectivity index (χ4v) is 3.55. The van der Waals surface area contributed by atoms with Crippen LogP contribution in [0.25, 0.3) is 11.4 Å². The van der Waals surface area contributed by atoms with Crippen LogP contribution in [0.4, 0.5) is 18.9 Å². The second-order valence-electron chi connectivity index (χ2n) is 6.19. The molecule has 0 spiro atoms. The van der Waals surface area contributed by atoms with Gasteiger partial charge < -0.3 is 14.6 Å². The first-order valence-corrected chi connectivity index (χ1v) is 9.82. The van der Waals surface area contributed by atoms with Gasteiger partial charge in [0.2, 0.25) is 11.8 Å². The van der Waals surface area contributed by atoms with Crippen molar-refractivity contribution in [1.29, 1.82) is 0 Å². The Kier molecular flexibility index (Phi) is 6.34. The molecule has 0 radical (unpaired) electrons. The number of halogens is 3. The van der Waals surface area contributed by atoms with Crippen molar-refractivity contribution in [2.24, 2.45) is 7.05 Å². The predicted octanol–water partition coefficient (Wildman–Crippen LogP) is 3.46. The molecule has 0 aliphatic rings. The molecule has 1 N–H and O–H groups in total. The van der Waals surface area contributed by atoms with Gasteiger partial charge in [0.15, 0.2) is 11.0 Å². The molecule has 0 aliphatic heterocycles. The summed E-state index contributed by atoms with van der Waals surface area (Å²) in [6.07, 6.45) is -2.72. The van der Waals surface area contributed by atoms with Gasteiger partial charge in [-0.3, -0.25) is 9.48 Å². The molecule has 2 aromatic heterocycles. The molecule has 0 saturated carbocycles. The van der Waals surface area contributed by atoms with Gasteiger partial charge in [0.05, 0.1) is 18.4 Å². The van der Waals surface area contributed by atoms with Crippen LogP contribution in [0.1, 0.15) is 12.5 Å². The highest BCUT2D eigenvalue weighted by Gasteiger charge is 2.30. The summed E-state index contributed by atoms with van der Waals surface area (Å²) in [5.74, 6) is 0.450. The summed E-state index contributed by atoms with van der Waals surface area (Å²) in [6.45, 7) is 2.44. The van der Waals surface area contributed by atoms with Gasteiger partial charge in [-0.25, -0.2) is 0 Å². The van der Waals surface area contributed by atoms with Crippen LogP contribution in [0.2, 0.25) is 0 Å². The quantitative estimate of drug-likeness (QED) is 0.567. The number of nitrogens with one attached hydrogen (secondary N) is 1. The van der Waals surface area contributed by atoms with E-state index in [-0.39, 0.29) is 11.4 Å². The number of methoxy groups -OCH3 is 1. The average Bonchev–Trinajstić information content (AvgIpc) is 3.28. The Balaban J connectivity index is 1.70. The number of benzene rings is 1. The summed E-state index contributed by atoms with van der Waals surface area (Å²) >= 11 is 1.13. The number of amides is 1. The molecule has 30 heavy (non-hydrogen) atoms. The zero-order chi connectivity index (χ0) is 21.9. The number of rotatable bonds is 7. The molecule has 1 aromatic carbocycles. The number of carbonyl (C=O) groups excluding carboxylic acids is 1. The summed E-state index contributed by atoms with van der Waals surface area (Å²) in [5.41, 5.74) is -0.0866. The Morgan fingerprint density at radius 2 is 2.07 bits per heavy atom. The smallest absolute Gasteiger partial charge is 0.416 e. The number of nitrogens with zero attached hydrogens (tertiary/aromatic N) is 5. The molecule has 12 heteroatoms. The normalized spacial score (nSPS) is 11.5. The van der Waals surface area contributed by atoms with Crippen LogP contribution < -0.4 is 10.1 Å². The summed E-state index contributed by atoms with van der Waals surface area (Å²) < 4.78 is 47.1. The van der Waals surface area contributed by atoms with Gasteiger partial charge in [0, 0.05) is 25.5 Å². The van der Waals surface area contributed by atoms with E-state index in [9.17, 15) is 18.0 Å². The van der Waals surface area contributed by atoms with E-state index < -0.39 is 17.6 Å². The first kappa shape index (κ1) is 21.7. The maximum atomic E-state index is 12.8. The van der Waals surface area contributed by atoms with Crippen LogP contribution in [0.15, 0.2) is 35.6 Å². The van der Waals surface area contributed by atoms with E-state index in [0.717, 1.165) is 23.9 Å². The number of carbonyl (C=O) groups is 1. The third-order valence-corrected chi connectivity index (χ3v) is 5.04. The lowest BCUT2D eigenvalue weighted by Crippen LogP contribution is -2.15. The highest BCUT2D eigenvalue weighted by Crippen LogP contribution is 2.31. The number of aryl methyl sites for hydroxylation is 1. The van der Waals surface area contributed by atoms with Crippen LogP contribution in [-0.4, -0.2) is 43.3 Å². The first-order chi connectivity index (χ1) is 14.2. The van der Waals surface area contributed by atoms with Gasteiger partial charge in [-0.1, -0.05) is 17.8 Å². The molecule has 8 nitrogen and oxygen atoms in total. The summed E-state index contributed by atoms with van der Waals surface area (Å²) in [5, 5.41) is 15.5. The van der Waals surface area contributed by atoms with Crippen molar-refractivity contribution in [3.63, 3.8) is 0 Å². The number of anilines is 1. The minimum Gasteiger partial charge on any atom is -0.479 e. The van der Waals surface area contributed by atoms with Crippen molar-refractivity contribution in [3.05, 3.63) is 36.0 Å². The highest BCUT2D eigenvalue weighted by molar-refractivity contribution is 7.99. The molecule has 2 heterocycles. The number of alkyl halides is 3. The van der Waals surface area contributed by atoms with Crippen LogP contribution >= 0.6 is 11.8 Å². The van der Waals surface area contributed by atoms with Crippen LogP contribution in [0, 0.1) is 0 Å². The molecule has 1 amide bonds. The van der Waals surface area contributed by atoms with E-state index in [4.69, 9.17) is 4.74 Å². The molecule has 0 fully saturated rings. The first-order valence-electron chi connectivity index (χ1n) is 8.84. The van der Waals surface area contributed by atoms with Gasteiger partial charge >= 0.3 is 6.18 Å². The van der Waals surface area contributed by atoms with Gasteiger partial charge in [0.25, 0.3) is 0 Å². The average molecular weight is 440 g/mol. The lowest BCUT2D eigenvalue weighted by atomic mass is 10.2. The lowest BCUT2D eigenvalue weighted by molar-refractivity contribution is -0.137. The third kappa shape index (κ3) is 4.75. The zero-order valence-corrected chi connectivity index (χ0v) is 17.2. The minimum absolute atomic E-state index is 0.0431. The van der Waals surface area contributed by atoms with Gasteiger partial charge in [-0.2, -0.15) is 13.2 Å². The van der Waals surface area contributed by atoms with Crippen LogP contribution in [0.5, 0.6) is 5.88 Å². The second-order valence-corrected chi connectivity index (χ2v) is 7.13. The van der Waals surface area contributed by atoms with Crippen molar-refractivity contribution < 1.29 is 22.7 Å². The highest BCUT2D eigenvalue weighted by atomic mass is 32.2. The fourth-order valence-electron chi connectivity index (χ4n) is 2.75. The molecule has 0 atom stereocenters. The van der Waals surface area contributed by atoms with E-state index >= 15 is 0 Å². The Hall–Kier alpha value is -3.02. The van der Waals surface area contributed by atoms with Gasteiger partial charge in [-0.05, 0) is 25.1 Å². The summed E-state index contributed by atoms with van der Waals surface area (Å²) in [6, 6.07) is 4.48. The van der Waals surface area contributed by atoms with E-state index in [0.29, 0.717) is 29.0 Å². The SMILES string of the molecule is CCn1c(SCC(=O)Nc2cccc(C(F)(F)F)c2)nnc1-c1cn(C)nc1OC. The maximum absolute atomic E-state index is 12.8. The van der Waals surface area contributed by atoms with Crippen LogP contribution in [-0.2, 0) is 24.6 Å². The van der Waals surface area contributed by atoms with Gasteiger partial charge in [-0.15, -0.1) is 15.3 Å². The second kappa shape index (κ2) is 8.78. The van der Waals surface area contributed by atoms with E-state index in [2.05, 4.69) is 20.6 Å². The van der Waals surface area contributed by atoms with Gasteiger partial charge in [0.1, 0.15) is 5.56 Å². The van der Waals surface area contributed by atoms with Crippen LogP contribution in [0.3, 0.4) is 0 Å². The van der Waals surface area contributed by atoms with E-state index in [1.807, 2.05) is 11.5 Å². The number of thioether (sulfide) groups is 1. The monoisotopic (exact) mass is 440 g/mol. The van der Waals surface area contributed by atoms with Crippen molar-refractivity contribution in [3.8, 4) is 17.3 Å². The molecule has 0 saturated heterocycles. The molecule has 3 rings (SSSR count). The topological polar surface area (TPSA) is 86.9 Å². The Labute approximate surface area is 174 Å². The van der Waals surface area contributed by atoms with Crippen molar-refractivity contribution in [1.82, 2.24) is 24.5 Å². The number of hydrogen-bond acceptors (Lipinski definition) is 6. The maximum Gasteiger partial charge on any atom is 0.416 e. The number of aromatic nitrogens is 5. The molecule has 0 bridgehead atoms. The van der Waals surface area contributed by atoms with Crippen molar-refractivity contribution in [2.45, 2.75) is 24.8 Å². The van der Waals surface area contributed by atoms with E-state index in [1.165, 1.54) is 19.2 Å². The Bertz CT molecular complexity index is 1050. The van der Waals surface area contributed by atoms with Crippen molar-refractivity contribution >= 4 is 23.4 Å². The predicted molar refractivity (Wildman–Crippen MR) is 105 cm³/mol. The molecule has 0 aliphatic carbocycles. The minimum atomic E-state index is -4.48. The molecular weight excluding hydrogens is 421 g/mol. The number of hydrogen-bond donors (Lipinski definition) is 1. The lowest BCUT2D eigenvalue weighted by Gasteiger charge is -2.10. The summed E-state index contributed by atoms with van der Waals surface area (Å²) in [4.78, 5) is 12.2. The molecule has 0 unspecified atom stereocenters. The Morgan fingerprint density at radius 3 is 2.73 bits per heavy atom. The number of ether oxygens (including phenoxy) is 1. The Morgan fingerprint density at radius 1 is 1.30 bits per heavy atom. The third-order valence-electron chi connectivity index (χ3n) is 4.07. The zero-order valence-electron chi connectivity index (χ0n) is 16.4. The summed E-state index contributed by atoms with van der Waals surface area (Å²) in [7, 11) is 3.26. The fraction of sp³-hybridized carbons (Fsp3) is 0.333. The van der Waals surface area contributed by atoms with E-state index in [1.54, 1.807) is 17.9 Å². The molecular formula is C18H19F3N6O2S. The standard InChI is InChI=1S/C18H19F3N6O2S/c1-4-27-15(13-9-26(2)25-16(13)29-3)23-24-17(27)30-10-14(28)22-12-7-5-6-11(8-12)18(19,20)21/h5-9H,4,10H2,1-3H3,(H,22,28). The van der Waals surface area contributed by atoms with Crippen molar-refractivity contribution in [2.75, 3.05) is 18.2 Å².